The van der Waals surface area contributed by atoms with Crippen LogP contribution in [-0.2, 0) is 6.42 Å². The minimum Gasteiger partial charge on any atom is -0.469 e. The average Bonchev–Trinajstić information content (AvgIpc) is 2.67. The first-order valence-corrected chi connectivity index (χ1v) is 5.44. The maximum absolute atomic E-state index is 5.28. The van der Waals surface area contributed by atoms with Crippen molar-refractivity contribution < 1.29 is 4.42 Å². The first kappa shape index (κ1) is 11.9. The van der Waals surface area contributed by atoms with Crippen LogP contribution in [-0.4, -0.2) is 12.1 Å². The van der Waals surface area contributed by atoms with Crippen LogP contribution in [0.4, 0.5) is 0 Å². The molecule has 82 valence electrons. The van der Waals surface area contributed by atoms with Crippen LogP contribution in [0.25, 0.3) is 0 Å². The number of nitrogens with one attached hydrogen (secondary N) is 1. The second-order valence-electron chi connectivity index (χ2n) is 4.00. The molecule has 2 heteroatoms. The van der Waals surface area contributed by atoms with E-state index in [1.807, 2.05) is 12.1 Å². The van der Waals surface area contributed by atoms with Crippen molar-refractivity contribution >= 4 is 0 Å². The maximum Gasteiger partial charge on any atom is 0.103 e. The Kier molecular flexibility index (Phi) is 5.00. The van der Waals surface area contributed by atoms with E-state index in [0.717, 1.165) is 25.0 Å². The molecule has 0 saturated heterocycles. The van der Waals surface area contributed by atoms with E-state index in [0.29, 0.717) is 12.1 Å². The van der Waals surface area contributed by atoms with Crippen LogP contribution in [0.1, 0.15) is 32.4 Å². The predicted octanol–water partition coefficient (Wildman–Crippen LogP) is 2.60. The molecule has 1 heterocycles. The summed E-state index contributed by atoms with van der Waals surface area (Å²) in [5, 5.41) is 3.46. The van der Waals surface area contributed by atoms with Crippen molar-refractivity contribution in [2.45, 2.75) is 45.2 Å². The summed E-state index contributed by atoms with van der Waals surface area (Å²) >= 11 is 0. The molecule has 0 bridgehead atoms. The first-order valence-electron chi connectivity index (χ1n) is 5.44. The van der Waals surface area contributed by atoms with Gasteiger partial charge in [-0.25, -0.2) is 0 Å². The molecule has 0 aromatic carbocycles. The fraction of sp³-hybridized carbons (Fsp3) is 0.538. The zero-order chi connectivity index (χ0) is 11.1. The molecular weight excluding hydrogens is 186 g/mol. The highest BCUT2D eigenvalue weighted by molar-refractivity contribution is 4.98. The molecule has 0 aliphatic rings. The van der Waals surface area contributed by atoms with Crippen molar-refractivity contribution in [1.29, 1.82) is 0 Å². The third-order valence-corrected chi connectivity index (χ3v) is 2.40. The van der Waals surface area contributed by atoms with Gasteiger partial charge in [0.2, 0.25) is 0 Å². The molecule has 2 unspecified atom stereocenters. The number of rotatable bonds is 6. The summed E-state index contributed by atoms with van der Waals surface area (Å²) in [4.78, 5) is 0. The Bertz CT molecular complexity index is 297. The zero-order valence-electron chi connectivity index (χ0n) is 9.49. The van der Waals surface area contributed by atoms with Crippen molar-refractivity contribution in [2.24, 2.45) is 0 Å². The van der Waals surface area contributed by atoms with Crippen molar-refractivity contribution in [1.82, 2.24) is 5.32 Å². The molecule has 0 saturated carbocycles. The zero-order valence-corrected chi connectivity index (χ0v) is 9.49. The highest BCUT2D eigenvalue weighted by atomic mass is 16.3. The molecule has 2 atom stereocenters. The standard InChI is InChI=1S/C13H19NO/c1-4-6-11(2)14-12(3)8-9-13-7-5-10-15-13/h1,5,7,10-12,14H,6,8-9H2,2-3H3. The Morgan fingerprint density at radius 3 is 2.87 bits per heavy atom. The smallest absolute Gasteiger partial charge is 0.103 e. The molecule has 15 heavy (non-hydrogen) atoms. The topological polar surface area (TPSA) is 25.2 Å². The fourth-order valence-electron chi connectivity index (χ4n) is 1.62. The van der Waals surface area contributed by atoms with Crippen molar-refractivity contribution in [3.63, 3.8) is 0 Å². The van der Waals surface area contributed by atoms with Crippen molar-refractivity contribution in [3.8, 4) is 12.3 Å². The lowest BCUT2D eigenvalue weighted by molar-refractivity contribution is 0.427. The largest absolute Gasteiger partial charge is 0.469 e. The minimum atomic E-state index is 0.390. The van der Waals surface area contributed by atoms with E-state index in [4.69, 9.17) is 10.8 Å². The van der Waals surface area contributed by atoms with Gasteiger partial charge in [-0.15, -0.1) is 12.3 Å². The summed E-state index contributed by atoms with van der Waals surface area (Å²) < 4.78 is 5.28. The van der Waals surface area contributed by atoms with E-state index in [9.17, 15) is 0 Å². The Hall–Kier alpha value is -1.20. The maximum atomic E-state index is 5.28. The number of aryl methyl sites for hydroxylation is 1. The van der Waals surface area contributed by atoms with Crippen LogP contribution in [0.5, 0.6) is 0 Å². The molecule has 0 spiro atoms. The van der Waals surface area contributed by atoms with Crippen LogP contribution in [0.3, 0.4) is 0 Å². The number of hydrogen-bond acceptors (Lipinski definition) is 2. The van der Waals surface area contributed by atoms with Crippen LogP contribution in [0, 0.1) is 12.3 Å². The number of furan rings is 1. The summed E-state index contributed by atoms with van der Waals surface area (Å²) in [6.07, 6.45) is 9.80. The Balaban J connectivity index is 2.19. The molecule has 1 aromatic rings. The summed E-state index contributed by atoms with van der Waals surface area (Å²) in [5.41, 5.74) is 0. The van der Waals surface area contributed by atoms with Gasteiger partial charge >= 0.3 is 0 Å². The molecule has 1 rings (SSSR count). The lowest BCUT2D eigenvalue weighted by Gasteiger charge is -2.17. The molecule has 1 aromatic heterocycles. The van der Waals surface area contributed by atoms with Crippen molar-refractivity contribution in [2.75, 3.05) is 0 Å². The molecule has 0 radical (unpaired) electrons. The van der Waals surface area contributed by atoms with Gasteiger partial charge in [0.1, 0.15) is 5.76 Å². The van der Waals surface area contributed by atoms with Crippen molar-refractivity contribution in [3.05, 3.63) is 24.2 Å². The van der Waals surface area contributed by atoms with E-state index in [1.165, 1.54) is 0 Å². The molecule has 0 aliphatic carbocycles. The monoisotopic (exact) mass is 205 g/mol. The highest BCUT2D eigenvalue weighted by Crippen LogP contribution is 2.06. The number of terminal acetylenes is 1. The highest BCUT2D eigenvalue weighted by Gasteiger charge is 2.07. The Morgan fingerprint density at radius 2 is 2.27 bits per heavy atom. The molecular formula is C13H19NO. The fourth-order valence-corrected chi connectivity index (χ4v) is 1.62. The molecule has 2 nitrogen and oxygen atoms in total. The predicted molar refractivity (Wildman–Crippen MR) is 62.5 cm³/mol. The summed E-state index contributed by atoms with van der Waals surface area (Å²) in [7, 11) is 0. The lowest BCUT2D eigenvalue weighted by Crippen LogP contribution is -2.34. The third-order valence-electron chi connectivity index (χ3n) is 2.40. The van der Waals surface area contributed by atoms with Gasteiger partial charge in [-0.05, 0) is 32.4 Å². The van der Waals surface area contributed by atoms with Crippen LogP contribution >= 0.6 is 0 Å². The van der Waals surface area contributed by atoms with E-state index >= 15 is 0 Å². The summed E-state index contributed by atoms with van der Waals surface area (Å²) in [6.45, 7) is 4.29. The van der Waals surface area contributed by atoms with Gasteiger partial charge in [0, 0.05) is 24.9 Å². The minimum absolute atomic E-state index is 0.390. The summed E-state index contributed by atoms with van der Waals surface area (Å²) in [6, 6.07) is 4.80. The molecule has 0 aliphatic heterocycles. The van der Waals surface area contributed by atoms with Gasteiger partial charge in [-0.2, -0.15) is 0 Å². The van der Waals surface area contributed by atoms with Gasteiger partial charge in [0.15, 0.2) is 0 Å². The van der Waals surface area contributed by atoms with E-state index in [1.54, 1.807) is 6.26 Å². The summed E-state index contributed by atoms with van der Waals surface area (Å²) in [5.74, 6) is 3.71. The second kappa shape index (κ2) is 6.31. The SMILES string of the molecule is C#CCC(C)NC(C)CCc1ccco1. The number of hydrogen-bond donors (Lipinski definition) is 1. The molecule has 0 amide bonds. The molecule has 0 fully saturated rings. The van der Waals surface area contributed by atoms with E-state index in [-0.39, 0.29) is 0 Å². The van der Waals surface area contributed by atoms with Crippen LogP contribution in [0.2, 0.25) is 0 Å². The van der Waals surface area contributed by atoms with Crippen LogP contribution in [0.15, 0.2) is 22.8 Å². The average molecular weight is 205 g/mol. The van der Waals surface area contributed by atoms with Gasteiger partial charge in [0.05, 0.1) is 6.26 Å². The normalized spacial score (nSPS) is 14.5. The van der Waals surface area contributed by atoms with Crippen LogP contribution < -0.4 is 5.32 Å². The Labute approximate surface area is 92.1 Å². The quantitative estimate of drug-likeness (QED) is 0.722. The van der Waals surface area contributed by atoms with Gasteiger partial charge < -0.3 is 9.73 Å². The van der Waals surface area contributed by atoms with E-state index < -0.39 is 0 Å². The first-order chi connectivity index (χ1) is 7.22. The van der Waals surface area contributed by atoms with Gasteiger partial charge in [0.25, 0.3) is 0 Å². The molecule has 1 N–H and O–H groups in total. The lowest BCUT2D eigenvalue weighted by atomic mass is 10.1. The second-order valence-corrected chi connectivity index (χ2v) is 4.00. The van der Waals surface area contributed by atoms with E-state index in [2.05, 4.69) is 25.1 Å². The van der Waals surface area contributed by atoms with Gasteiger partial charge in [-0.1, -0.05) is 0 Å². The Morgan fingerprint density at radius 1 is 1.47 bits per heavy atom. The van der Waals surface area contributed by atoms with Gasteiger partial charge in [-0.3, -0.25) is 0 Å². The third kappa shape index (κ3) is 4.71.